The first-order valence-electron chi connectivity index (χ1n) is 8.02. The van der Waals surface area contributed by atoms with Crippen LogP contribution in [0.4, 0.5) is 5.69 Å². The first kappa shape index (κ1) is 18.1. The Hall–Kier alpha value is -2.26. The number of aryl methyl sites for hydroxylation is 1. The van der Waals surface area contributed by atoms with Crippen molar-refractivity contribution in [2.24, 2.45) is 0 Å². The number of benzene rings is 2. The summed E-state index contributed by atoms with van der Waals surface area (Å²) >= 11 is 6.27. The number of carbonyl (C=O) groups excluding carboxylic acids is 1. The molecule has 0 saturated carbocycles. The minimum absolute atomic E-state index is 0.176. The zero-order chi connectivity index (χ0) is 17.5. The summed E-state index contributed by atoms with van der Waals surface area (Å²) in [5, 5.41) is 3.66. The molecule has 0 fully saturated rings. The Morgan fingerprint density at radius 1 is 1.21 bits per heavy atom. The van der Waals surface area contributed by atoms with Gasteiger partial charge < -0.3 is 10.1 Å². The largest absolute Gasteiger partial charge is 0.497 e. The summed E-state index contributed by atoms with van der Waals surface area (Å²) < 4.78 is 5.18. The van der Waals surface area contributed by atoms with E-state index in [2.05, 4.69) is 12.2 Å². The van der Waals surface area contributed by atoms with E-state index in [0.717, 1.165) is 41.0 Å². The van der Waals surface area contributed by atoms with Crippen LogP contribution in [-0.4, -0.2) is 13.0 Å². The number of methoxy groups -OCH3 is 1. The van der Waals surface area contributed by atoms with Crippen LogP contribution < -0.4 is 10.1 Å². The zero-order valence-corrected chi connectivity index (χ0v) is 15.0. The second-order valence-corrected chi connectivity index (χ2v) is 5.77. The standard InChI is InChI=1S/C20H22ClNO2/c1-4-15-10-11-18(21)17(5-2)20(15)22-19(23)12-9-14-7-6-8-16(13-14)24-3/h6-13H,4-5H2,1-3H3,(H,22,23)/b12-9+. The lowest BCUT2D eigenvalue weighted by Crippen LogP contribution is -2.12. The van der Waals surface area contributed by atoms with Crippen molar-refractivity contribution in [3.63, 3.8) is 0 Å². The lowest BCUT2D eigenvalue weighted by atomic mass is 10.0. The van der Waals surface area contributed by atoms with Crippen LogP contribution in [0.1, 0.15) is 30.5 Å². The second-order valence-electron chi connectivity index (χ2n) is 5.37. The number of ether oxygens (including phenoxy) is 1. The van der Waals surface area contributed by atoms with Crippen LogP contribution in [0.25, 0.3) is 6.08 Å². The van der Waals surface area contributed by atoms with Crippen molar-refractivity contribution in [1.82, 2.24) is 0 Å². The van der Waals surface area contributed by atoms with Crippen LogP contribution in [0.2, 0.25) is 5.02 Å². The fraction of sp³-hybridized carbons (Fsp3) is 0.250. The van der Waals surface area contributed by atoms with Crippen molar-refractivity contribution in [2.75, 3.05) is 12.4 Å². The van der Waals surface area contributed by atoms with Gasteiger partial charge in [-0.15, -0.1) is 0 Å². The maximum atomic E-state index is 12.3. The van der Waals surface area contributed by atoms with Crippen molar-refractivity contribution in [3.8, 4) is 5.75 Å². The molecule has 0 aliphatic heterocycles. The highest BCUT2D eigenvalue weighted by Gasteiger charge is 2.11. The number of halogens is 1. The maximum Gasteiger partial charge on any atom is 0.248 e. The van der Waals surface area contributed by atoms with Crippen molar-refractivity contribution >= 4 is 29.3 Å². The summed E-state index contributed by atoms with van der Waals surface area (Å²) in [6, 6.07) is 11.4. The van der Waals surface area contributed by atoms with Gasteiger partial charge in [0.15, 0.2) is 0 Å². The normalized spacial score (nSPS) is 10.8. The predicted molar refractivity (Wildman–Crippen MR) is 101 cm³/mol. The van der Waals surface area contributed by atoms with Crippen molar-refractivity contribution in [2.45, 2.75) is 26.7 Å². The van der Waals surface area contributed by atoms with Gasteiger partial charge in [-0.3, -0.25) is 4.79 Å². The first-order chi connectivity index (χ1) is 11.6. The van der Waals surface area contributed by atoms with Gasteiger partial charge >= 0.3 is 0 Å². The molecule has 126 valence electrons. The molecule has 0 aliphatic carbocycles. The molecule has 2 aromatic carbocycles. The van der Waals surface area contributed by atoms with Gasteiger partial charge in [0.05, 0.1) is 7.11 Å². The molecule has 1 amide bonds. The van der Waals surface area contributed by atoms with Crippen molar-refractivity contribution in [1.29, 1.82) is 0 Å². The second kappa shape index (κ2) is 8.55. The van der Waals surface area contributed by atoms with Crippen LogP contribution in [0.5, 0.6) is 5.75 Å². The molecule has 0 aromatic heterocycles. The average Bonchev–Trinajstić information content (AvgIpc) is 2.60. The molecular formula is C20H22ClNO2. The molecule has 0 bridgehead atoms. The Labute approximate surface area is 148 Å². The van der Waals surface area contributed by atoms with Crippen LogP contribution in [0.15, 0.2) is 42.5 Å². The van der Waals surface area contributed by atoms with Gasteiger partial charge in [0.1, 0.15) is 5.75 Å². The van der Waals surface area contributed by atoms with E-state index < -0.39 is 0 Å². The van der Waals surface area contributed by atoms with Gasteiger partial charge in [-0.2, -0.15) is 0 Å². The number of hydrogen-bond donors (Lipinski definition) is 1. The summed E-state index contributed by atoms with van der Waals surface area (Å²) in [4.78, 5) is 12.3. The van der Waals surface area contributed by atoms with Crippen molar-refractivity contribution < 1.29 is 9.53 Å². The Bertz CT molecular complexity index is 753. The van der Waals surface area contributed by atoms with Crippen LogP contribution in [-0.2, 0) is 17.6 Å². The molecule has 0 atom stereocenters. The molecule has 0 saturated heterocycles. The highest BCUT2D eigenvalue weighted by Crippen LogP contribution is 2.29. The molecule has 3 nitrogen and oxygen atoms in total. The monoisotopic (exact) mass is 343 g/mol. The molecule has 1 N–H and O–H groups in total. The first-order valence-corrected chi connectivity index (χ1v) is 8.40. The third-order valence-corrected chi connectivity index (χ3v) is 4.20. The van der Waals surface area contributed by atoms with Gasteiger partial charge in [0.2, 0.25) is 5.91 Å². The summed E-state index contributed by atoms with van der Waals surface area (Å²) in [6.45, 7) is 4.09. The van der Waals surface area contributed by atoms with Gasteiger partial charge in [0, 0.05) is 16.8 Å². The summed E-state index contributed by atoms with van der Waals surface area (Å²) in [5.41, 5.74) is 3.79. The van der Waals surface area contributed by atoms with Crippen LogP contribution >= 0.6 is 11.6 Å². The van der Waals surface area contributed by atoms with Gasteiger partial charge in [-0.1, -0.05) is 43.6 Å². The Morgan fingerprint density at radius 2 is 2.00 bits per heavy atom. The third-order valence-electron chi connectivity index (χ3n) is 3.85. The fourth-order valence-corrected chi connectivity index (χ4v) is 2.84. The average molecular weight is 344 g/mol. The van der Waals surface area contributed by atoms with Crippen LogP contribution in [0.3, 0.4) is 0 Å². The van der Waals surface area contributed by atoms with Gasteiger partial charge in [0.25, 0.3) is 0 Å². The molecule has 4 heteroatoms. The lowest BCUT2D eigenvalue weighted by molar-refractivity contribution is -0.111. The van der Waals surface area contributed by atoms with Gasteiger partial charge in [-0.25, -0.2) is 0 Å². The Balaban J connectivity index is 2.20. The third kappa shape index (κ3) is 4.39. The molecule has 0 radical (unpaired) electrons. The van der Waals surface area contributed by atoms with E-state index >= 15 is 0 Å². The van der Waals surface area contributed by atoms with Crippen LogP contribution in [0, 0.1) is 0 Å². The molecule has 24 heavy (non-hydrogen) atoms. The Morgan fingerprint density at radius 3 is 2.67 bits per heavy atom. The van der Waals surface area contributed by atoms with E-state index in [1.165, 1.54) is 6.08 Å². The van der Waals surface area contributed by atoms with E-state index in [1.54, 1.807) is 13.2 Å². The SMILES string of the molecule is CCc1ccc(Cl)c(CC)c1NC(=O)/C=C/c1cccc(OC)c1. The highest BCUT2D eigenvalue weighted by molar-refractivity contribution is 6.32. The van der Waals surface area contributed by atoms with Crippen molar-refractivity contribution in [3.05, 3.63) is 64.2 Å². The minimum Gasteiger partial charge on any atom is -0.497 e. The molecule has 0 spiro atoms. The van der Waals surface area contributed by atoms with E-state index in [-0.39, 0.29) is 5.91 Å². The van der Waals surface area contributed by atoms with E-state index in [1.807, 2.05) is 43.3 Å². The topological polar surface area (TPSA) is 38.3 Å². The molecule has 2 rings (SSSR count). The molecule has 0 aliphatic rings. The number of rotatable bonds is 6. The smallest absolute Gasteiger partial charge is 0.248 e. The van der Waals surface area contributed by atoms with Gasteiger partial charge in [-0.05, 0) is 53.8 Å². The number of carbonyl (C=O) groups is 1. The number of nitrogens with one attached hydrogen (secondary N) is 1. The maximum absolute atomic E-state index is 12.3. The summed E-state index contributed by atoms with van der Waals surface area (Å²) in [6.07, 6.45) is 4.88. The number of hydrogen-bond acceptors (Lipinski definition) is 2. The minimum atomic E-state index is -0.176. The lowest BCUT2D eigenvalue weighted by Gasteiger charge is -2.15. The Kier molecular flexibility index (Phi) is 6.44. The molecule has 0 unspecified atom stereocenters. The van der Waals surface area contributed by atoms with E-state index in [4.69, 9.17) is 16.3 Å². The quantitative estimate of drug-likeness (QED) is 0.739. The zero-order valence-electron chi connectivity index (χ0n) is 14.2. The summed E-state index contributed by atoms with van der Waals surface area (Å²) in [5.74, 6) is 0.582. The summed E-state index contributed by atoms with van der Waals surface area (Å²) in [7, 11) is 1.62. The fourth-order valence-electron chi connectivity index (χ4n) is 2.55. The number of amides is 1. The molecular weight excluding hydrogens is 322 g/mol. The highest BCUT2D eigenvalue weighted by atomic mass is 35.5. The van der Waals surface area contributed by atoms with E-state index in [0.29, 0.717) is 5.02 Å². The molecule has 2 aromatic rings. The molecule has 0 heterocycles. The number of anilines is 1. The van der Waals surface area contributed by atoms with E-state index in [9.17, 15) is 4.79 Å². The predicted octanol–water partition coefficient (Wildman–Crippen LogP) is 5.13.